The van der Waals surface area contributed by atoms with E-state index < -0.39 is 12.0 Å². The van der Waals surface area contributed by atoms with Gasteiger partial charge in [0.2, 0.25) is 0 Å². The van der Waals surface area contributed by atoms with Gasteiger partial charge >= 0.3 is 12.0 Å². The first kappa shape index (κ1) is 13.9. The van der Waals surface area contributed by atoms with E-state index in [0.717, 1.165) is 30.4 Å². The highest BCUT2D eigenvalue weighted by molar-refractivity contribution is 5.83. The Morgan fingerprint density at radius 1 is 1.24 bits per heavy atom. The molecule has 5 nitrogen and oxygen atoms in total. The Hall–Kier alpha value is -2.04. The van der Waals surface area contributed by atoms with Crippen molar-refractivity contribution < 1.29 is 14.7 Å². The summed E-state index contributed by atoms with van der Waals surface area (Å²) in [6.45, 7) is 0.378. The summed E-state index contributed by atoms with van der Waals surface area (Å²) in [4.78, 5) is 27.4. The average Bonchev–Trinajstić information content (AvgIpc) is 2.43. The number of fused-ring (bicyclic) bond motifs is 1. The maximum absolute atomic E-state index is 12.6. The molecule has 1 fully saturated rings. The van der Waals surface area contributed by atoms with Crippen molar-refractivity contribution in [1.29, 1.82) is 0 Å². The van der Waals surface area contributed by atoms with Gasteiger partial charge < -0.3 is 14.9 Å². The van der Waals surface area contributed by atoms with E-state index in [4.69, 9.17) is 0 Å². The first-order chi connectivity index (χ1) is 10.1. The zero-order chi connectivity index (χ0) is 15.0. The second-order valence-corrected chi connectivity index (χ2v) is 5.93. The van der Waals surface area contributed by atoms with Crippen LogP contribution in [0, 0.1) is 0 Å². The number of carbonyl (C=O) groups is 2. The number of carboxylic acid groups (broad SMARTS) is 1. The van der Waals surface area contributed by atoms with Crippen LogP contribution in [0.15, 0.2) is 24.3 Å². The van der Waals surface area contributed by atoms with Crippen molar-refractivity contribution in [3.05, 3.63) is 35.4 Å². The van der Waals surface area contributed by atoms with Crippen molar-refractivity contribution >= 4 is 12.0 Å². The zero-order valence-corrected chi connectivity index (χ0v) is 12.2. The number of hydrogen-bond acceptors (Lipinski definition) is 2. The molecule has 1 aromatic carbocycles. The van der Waals surface area contributed by atoms with Crippen molar-refractivity contribution in [1.82, 2.24) is 9.80 Å². The number of hydrogen-bond donors (Lipinski definition) is 1. The number of aliphatic carboxylic acids is 1. The largest absolute Gasteiger partial charge is 0.480 e. The fourth-order valence-corrected chi connectivity index (χ4v) is 3.08. The molecule has 1 heterocycles. The van der Waals surface area contributed by atoms with Gasteiger partial charge in [-0.1, -0.05) is 24.3 Å². The minimum absolute atomic E-state index is 0.165. The third-order valence-electron chi connectivity index (χ3n) is 4.70. The summed E-state index contributed by atoms with van der Waals surface area (Å²) in [5.74, 6) is -0.931. The number of carboxylic acids is 1. The molecule has 0 saturated heterocycles. The predicted molar refractivity (Wildman–Crippen MR) is 77.9 cm³/mol. The van der Waals surface area contributed by atoms with Crippen LogP contribution in [-0.4, -0.2) is 46.0 Å². The van der Waals surface area contributed by atoms with Crippen LogP contribution in [0.5, 0.6) is 0 Å². The Bertz CT molecular complexity index is 568. The van der Waals surface area contributed by atoms with Gasteiger partial charge in [-0.2, -0.15) is 0 Å². The van der Waals surface area contributed by atoms with E-state index in [1.54, 1.807) is 11.9 Å². The van der Waals surface area contributed by atoms with Crippen LogP contribution in [0.3, 0.4) is 0 Å². The fourth-order valence-electron chi connectivity index (χ4n) is 3.08. The van der Waals surface area contributed by atoms with Crippen molar-refractivity contribution in [3.63, 3.8) is 0 Å². The Labute approximate surface area is 124 Å². The zero-order valence-electron chi connectivity index (χ0n) is 12.2. The molecule has 2 amide bonds. The Kier molecular flexibility index (Phi) is 3.57. The molecule has 1 aliphatic carbocycles. The van der Waals surface area contributed by atoms with E-state index in [0.29, 0.717) is 13.0 Å². The maximum Gasteiger partial charge on any atom is 0.326 e. The standard InChI is InChI=1S/C16H20N2O3/c1-17(13-7-4-8-13)16(21)18-10-12-6-3-2-5-11(12)9-14(18)15(19)20/h2-3,5-6,13-14H,4,7-10H2,1H3,(H,19,20)/t14-/m1/s1. The number of rotatable bonds is 2. The Balaban J connectivity index is 1.85. The van der Waals surface area contributed by atoms with Gasteiger partial charge in [0, 0.05) is 26.1 Å². The molecule has 5 heteroatoms. The third kappa shape index (κ3) is 2.48. The minimum Gasteiger partial charge on any atom is -0.480 e. The van der Waals surface area contributed by atoms with Crippen LogP contribution < -0.4 is 0 Å². The molecule has 1 aliphatic heterocycles. The molecule has 0 radical (unpaired) electrons. The molecule has 3 rings (SSSR count). The Morgan fingerprint density at radius 3 is 2.48 bits per heavy atom. The van der Waals surface area contributed by atoms with Gasteiger partial charge in [-0.15, -0.1) is 0 Å². The molecule has 1 atom stereocenters. The lowest BCUT2D eigenvalue weighted by atomic mass is 9.91. The van der Waals surface area contributed by atoms with E-state index >= 15 is 0 Å². The Morgan fingerprint density at radius 2 is 1.90 bits per heavy atom. The van der Waals surface area contributed by atoms with Crippen LogP contribution in [0.4, 0.5) is 4.79 Å². The van der Waals surface area contributed by atoms with Crippen LogP contribution in [-0.2, 0) is 17.8 Å². The lowest BCUT2D eigenvalue weighted by Gasteiger charge is -2.41. The molecule has 0 spiro atoms. The van der Waals surface area contributed by atoms with Crippen LogP contribution >= 0.6 is 0 Å². The average molecular weight is 288 g/mol. The van der Waals surface area contributed by atoms with Crippen molar-refractivity contribution in [2.24, 2.45) is 0 Å². The normalized spacial score (nSPS) is 21.4. The highest BCUT2D eigenvalue weighted by atomic mass is 16.4. The minimum atomic E-state index is -0.931. The van der Waals surface area contributed by atoms with Crippen LogP contribution in [0.25, 0.3) is 0 Å². The summed E-state index contributed by atoms with van der Waals surface area (Å²) in [6, 6.07) is 7.09. The third-order valence-corrected chi connectivity index (χ3v) is 4.70. The molecule has 0 unspecified atom stereocenters. The summed E-state index contributed by atoms with van der Waals surface area (Å²) in [5, 5.41) is 9.46. The van der Waals surface area contributed by atoms with Crippen molar-refractivity contribution in [3.8, 4) is 0 Å². The molecule has 0 aromatic heterocycles. The molecule has 1 saturated carbocycles. The molecular weight excluding hydrogens is 268 g/mol. The van der Waals surface area contributed by atoms with E-state index in [2.05, 4.69) is 0 Å². The molecule has 0 bridgehead atoms. The lowest BCUT2D eigenvalue weighted by molar-refractivity contribution is -0.143. The summed E-state index contributed by atoms with van der Waals surface area (Å²) < 4.78 is 0. The molecule has 1 aromatic rings. The van der Waals surface area contributed by atoms with E-state index in [1.165, 1.54) is 4.90 Å². The molecule has 112 valence electrons. The predicted octanol–water partition coefficient (Wildman–Crippen LogP) is 2.10. The number of benzene rings is 1. The van der Waals surface area contributed by atoms with Crippen molar-refractivity contribution in [2.75, 3.05) is 7.05 Å². The van der Waals surface area contributed by atoms with Crippen LogP contribution in [0.2, 0.25) is 0 Å². The lowest BCUT2D eigenvalue weighted by Crippen LogP contribution is -2.55. The second-order valence-electron chi connectivity index (χ2n) is 5.93. The number of carbonyl (C=O) groups excluding carboxylic acids is 1. The summed E-state index contributed by atoms with van der Waals surface area (Å²) >= 11 is 0. The summed E-state index contributed by atoms with van der Waals surface area (Å²) in [5.41, 5.74) is 2.07. The monoisotopic (exact) mass is 288 g/mol. The summed E-state index contributed by atoms with van der Waals surface area (Å²) in [7, 11) is 1.78. The number of urea groups is 1. The highest BCUT2D eigenvalue weighted by Crippen LogP contribution is 2.28. The van der Waals surface area contributed by atoms with Gasteiger partial charge in [-0.25, -0.2) is 9.59 Å². The topological polar surface area (TPSA) is 60.9 Å². The second kappa shape index (κ2) is 5.39. The maximum atomic E-state index is 12.6. The molecule has 1 N–H and O–H groups in total. The van der Waals surface area contributed by atoms with E-state index in [1.807, 2.05) is 24.3 Å². The molecular formula is C16H20N2O3. The molecule has 2 aliphatic rings. The summed E-state index contributed by atoms with van der Waals surface area (Å²) in [6.07, 6.45) is 3.57. The van der Waals surface area contributed by atoms with E-state index in [-0.39, 0.29) is 12.1 Å². The van der Waals surface area contributed by atoms with Gasteiger partial charge in [0.05, 0.1) is 0 Å². The first-order valence-electron chi connectivity index (χ1n) is 7.41. The van der Waals surface area contributed by atoms with E-state index in [9.17, 15) is 14.7 Å². The van der Waals surface area contributed by atoms with Crippen LogP contribution in [0.1, 0.15) is 30.4 Å². The van der Waals surface area contributed by atoms with Crippen molar-refractivity contribution in [2.45, 2.75) is 44.3 Å². The van der Waals surface area contributed by atoms with Gasteiger partial charge in [0.25, 0.3) is 0 Å². The van der Waals surface area contributed by atoms with Gasteiger partial charge in [0.15, 0.2) is 0 Å². The number of nitrogens with zero attached hydrogens (tertiary/aromatic N) is 2. The van der Waals surface area contributed by atoms with Gasteiger partial charge in [-0.3, -0.25) is 0 Å². The quantitative estimate of drug-likeness (QED) is 0.906. The fraction of sp³-hybridized carbons (Fsp3) is 0.500. The van der Waals surface area contributed by atoms with Gasteiger partial charge in [0.1, 0.15) is 6.04 Å². The highest BCUT2D eigenvalue weighted by Gasteiger charge is 2.38. The van der Waals surface area contributed by atoms with Gasteiger partial charge in [-0.05, 0) is 30.4 Å². The molecule has 21 heavy (non-hydrogen) atoms. The number of amides is 2. The smallest absolute Gasteiger partial charge is 0.326 e. The SMILES string of the molecule is CN(C(=O)N1Cc2ccccc2C[C@@H]1C(=O)O)C1CCC1. The first-order valence-corrected chi connectivity index (χ1v) is 7.41.